The van der Waals surface area contributed by atoms with Crippen molar-refractivity contribution in [2.45, 2.75) is 25.7 Å². The van der Waals surface area contributed by atoms with Gasteiger partial charge in [0.25, 0.3) is 0 Å². The summed E-state index contributed by atoms with van der Waals surface area (Å²) < 4.78 is 6.54. The molecule has 1 aliphatic rings. The summed E-state index contributed by atoms with van der Waals surface area (Å²) in [6, 6.07) is 6.26. The minimum Gasteiger partial charge on any atom is -0.496 e. The Labute approximate surface area is 112 Å². The predicted octanol–water partition coefficient (Wildman–Crippen LogP) is 3.39. The van der Waals surface area contributed by atoms with Crippen LogP contribution in [0.4, 0.5) is 0 Å². The molecule has 0 radical (unpaired) electrons. The van der Waals surface area contributed by atoms with Gasteiger partial charge in [0.2, 0.25) is 0 Å². The van der Waals surface area contributed by atoms with Crippen LogP contribution in [0, 0.1) is 5.92 Å². The molecule has 2 nitrogen and oxygen atoms in total. The summed E-state index contributed by atoms with van der Waals surface area (Å²) in [4.78, 5) is 0. The normalized spacial score (nSPS) is 17.1. The molecule has 1 heterocycles. The van der Waals surface area contributed by atoms with Gasteiger partial charge in [-0.3, -0.25) is 0 Å². The maximum Gasteiger partial charge on any atom is 0.122 e. The van der Waals surface area contributed by atoms with Crippen LogP contribution >= 0.6 is 15.9 Å². The van der Waals surface area contributed by atoms with Crippen LogP contribution in [0.1, 0.15) is 24.8 Å². The summed E-state index contributed by atoms with van der Waals surface area (Å²) in [6.07, 6.45) is 5.02. The van der Waals surface area contributed by atoms with Gasteiger partial charge < -0.3 is 10.1 Å². The van der Waals surface area contributed by atoms with E-state index in [1.54, 1.807) is 7.11 Å². The fraction of sp³-hybridized carbons (Fsp3) is 0.571. The number of benzene rings is 1. The zero-order chi connectivity index (χ0) is 12.1. The number of hydrogen-bond donors (Lipinski definition) is 1. The van der Waals surface area contributed by atoms with Gasteiger partial charge >= 0.3 is 0 Å². The third kappa shape index (κ3) is 3.71. The molecule has 2 rings (SSSR count). The number of piperidine rings is 1. The average Bonchev–Trinajstić information content (AvgIpc) is 2.38. The molecular formula is C14H20BrNO. The zero-order valence-corrected chi connectivity index (χ0v) is 11.9. The van der Waals surface area contributed by atoms with E-state index < -0.39 is 0 Å². The van der Waals surface area contributed by atoms with E-state index >= 15 is 0 Å². The molecule has 1 aromatic rings. The number of rotatable bonds is 4. The summed E-state index contributed by atoms with van der Waals surface area (Å²) in [5.41, 5.74) is 1.32. The van der Waals surface area contributed by atoms with E-state index in [2.05, 4.69) is 27.3 Å². The van der Waals surface area contributed by atoms with Gasteiger partial charge in [0, 0.05) is 4.47 Å². The lowest BCUT2D eigenvalue weighted by atomic mass is 9.91. The second kappa shape index (κ2) is 6.41. The lowest BCUT2D eigenvalue weighted by Gasteiger charge is -2.22. The zero-order valence-electron chi connectivity index (χ0n) is 10.3. The largest absolute Gasteiger partial charge is 0.496 e. The van der Waals surface area contributed by atoms with E-state index in [-0.39, 0.29) is 0 Å². The van der Waals surface area contributed by atoms with Gasteiger partial charge in [0.1, 0.15) is 5.75 Å². The summed E-state index contributed by atoms with van der Waals surface area (Å²) in [5.74, 6) is 1.89. The molecule has 1 N–H and O–H groups in total. The fourth-order valence-electron chi connectivity index (χ4n) is 2.47. The maximum atomic E-state index is 5.41. The standard InChI is InChI=1S/C14H20BrNO/c1-17-14-5-4-13(15)10-12(14)3-2-11-6-8-16-9-7-11/h4-5,10-11,16H,2-3,6-9H2,1H3. The van der Waals surface area contributed by atoms with Crippen LogP contribution in [0.25, 0.3) is 0 Å². The topological polar surface area (TPSA) is 21.3 Å². The Kier molecular flexibility index (Phi) is 4.86. The molecule has 17 heavy (non-hydrogen) atoms. The third-order valence-corrected chi connectivity index (χ3v) is 4.02. The molecule has 1 aliphatic heterocycles. The van der Waals surface area contributed by atoms with Crippen LogP contribution in [0.15, 0.2) is 22.7 Å². The first-order valence-corrected chi connectivity index (χ1v) is 7.12. The van der Waals surface area contributed by atoms with Gasteiger partial charge in [-0.15, -0.1) is 0 Å². The van der Waals surface area contributed by atoms with Crippen molar-refractivity contribution >= 4 is 15.9 Å². The first kappa shape index (κ1) is 12.9. The van der Waals surface area contributed by atoms with Gasteiger partial charge in [-0.05, 0) is 68.5 Å². The van der Waals surface area contributed by atoms with Crippen molar-refractivity contribution in [1.82, 2.24) is 5.32 Å². The van der Waals surface area contributed by atoms with Crippen molar-refractivity contribution in [3.05, 3.63) is 28.2 Å². The molecule has 0 aliphatic carbocycles. The van der Waals surface area contributed by atoms with Gasteiger partial charge in [-0.1, -0.05) is 15.9 Å². The van der Waals surface area contributed by atoms with Crippen LogP contribution in [-0.2, 0) is 6.42 Å². The van der Waals surface area contributed by atoms with Gasteiger partial charge in [-0.25, -0.2) is 0 Å². The lowest BCUT2D eigenvalue weighted by Crippen LogP contribution is -2.27. The Hall–Kier alpha value is -0.540. The molecule has 0 amide bonds. The van der Waals surface area contributed by atoms with Crippen LogP contribution in [0.3, 0.4) is 0 Å². The fourth-order valence-corrected chi connectivity index (χ4v) is 2.88. The quantitative estimate of drug-likeness (QED) is 0.920. The van der Waals surface area contributed by atoms with Crippen LogP contribution in [0.5, 0.6) is 5.75 Å². The van der Waals surface area contributed by atoms with Crippen LogP contribution in [0.2, 0.25) is 0 Å². The number of halogens is 1. The minimum absolute atomic E-state index is 0.875. The van der Waals surface area contributed by atoms with E-state index in [9.17, 15) is 0 Å². The molecule has 0 atom stereocenters. The average molecular weight is 298 g/mol. The van der Waals surface area contributed by atoms with Gasteiger partial charge in [-0.2, -0.15) is 0 Å². The molecule has 3 heteroatoms. The maximum absolute atomic E-state index is 5.41. The van der Waals surface area contributed by atoms with E-state index in [1.807, 2.05) is 12.1 Å². The Bertz CT molecular complexity index is 361. The summed E-state index contributed by atoms with van der Waals surface area (Å²) >= 11 is 3.53. The first-order valence-electron chi connectivity index (χ1n) is 6.32. The van der Waals surface area contributed by atoms with Crippen molar-refractivity contribution in [2.75, 3.05) is 20.2 Å². The van der Waals surface area contributed by atoms with Crippen LogP contribution in [-0.4, -0.2) is 20.2 Å². The second-order valence-electron chi connectivity index (χ2n) is 4.69. The summed E-state index contributed by atoms with van der Waals surface area (Å²) in [5, 5.41) is 3.41. The molecule has 94 valence electrons. The Morgan fingerprint density at radius 3 is 2.82 bits per heavy atom. The van der Waals surface area contributed by atoms with Gasteiger partial charge in [0.05, 0.1) is 7.11 Å². The van der Waals surface area contributed by atoms with Crippen molar-refractivity contribution in [1.29, 1.82) is 0 Å². The van der Waals surface area contributed by atoms with E-state index in [4.69, 9.17) is 4.74 Å². The summed E-state index contributed by atoms with van der Waals surface area (Å²) in [6.45, 7) is 2.36. The Morgan fingerprint density at radius 2 is 2.12 bits per heavy atom. The van der Waals surface area contributed by atoms with E-state index in [0.29, 0.717) is 0 Å². The molecule has 0 spiro atoms. The highest BCUT2D eigenvalue weighted by atomic mass is 79.9. The smallest absolute Gasteiger partial charge is 0.122 e. The number of hydrogen-bond acceptors (Lipinski definition) is 2. The third-order valence-electron chi connectivity index (χ3n) is 3.52. The lowest BCUT2D eigenvalue weighted by molar-refractivity contribution is 0.351. The van der Waals surface area contributed by atoms with Gasteiger partial charge in [0.15, 0.2) is 0 Å². The number of aryl methyl sites for hydroxylation is 1. The van der Waals surface area contributed by atoms with Crippen molar-refractivity contribution < 1.29 is 4.74 Å². The summed E-state index contributed by atoms with van der Waals surface area (Å²) in [7, 11) is 1.75. The molecular weight excluding hydrogens is 278 g/mol. The van der Waals surface area contributed by atoms with E-state index in [1.165, 1.54) is 37.9 Å². The van der Waals surface area contributed by atoms with Crippen LogP contribution < -0.4 is 10.1 Å². The molecule has 0 unspecified atom stereocenters. The monoisotopic (exact) mass is 297 g/mol. The highest BCUT2D eigenvalue weighted by molar-refractivity contribution is 9.10. The first-order chi connectivity index (χ1) is 8.29. The molecule has 1 fully saturated rings. The molecule has 0 saturated carbocycles. The highest BCUT2D eigenvalue weighted by Crippen LogP contribution is 2.26. The van der Waals surface area contributed by atoms with Crippen molar-refractivity contribution in [3.63, 3.8) is 0 Å². The molecule has 1 saturated heterocycles. The number of nitrogens with one attached hydrogen (secondary N) is 1. The predicted molar refractivity (Wildman–Crippen MR) is 74.6 cm³/mol. The Morgan fingerprint density at radius 1 is 1.35 bits per heavy atom. The van der Waals surface area contributed by atoms with Crippen molar-refractivity contribution in [3.8, 4) is 5.75 Å². The number of ether oxygens (including phenoxy) is 1. The SMILES string of the molecule is COc1ccc(Br)cc1CCC1CCNCC1. The second-order valence-corrected chi connectivity index (χ2v) is 5.60. The molecule has 0 bridgehead atoms. The van der Waals surface area contributed by atoms with Crippen molar-refractivity contribution in [2.24, 2.45) is 5.92 Å². The highest BCUT2D eigenvalue weighted by Gasteiger charge is 2.14. The number of methoxy groups -OCH3 is 1. The van der Waals surface area contributed by atoms with E-state index in [0.717, 1.165) is 22.6 Å². The molecule has 1 aromatic carbocycles. The minimum atomic E-state index is 0.875. The molecule has 0 aromatic heterocycles. The Balaban J connectivity index is 1.95.